The van der Waals surface area contributed by atoms with E-state index in [4.69, 9.17) is 14.6 Å². The molecule has 1 N–H and O–H groups in total. The van der Waals surface area contributed by atoms with Crippen LogP contribution in [-0.2, 0) is 14.8 Å². The fourth-order valence-corrected chi connectivity index (χ4v) is 3.68. The van der Waals surface area contributed by atoms with Crippen LogP contribution < -0.4 is 13.8 Å². The molecular weight excluding hydrogens is 346 g/mol. The Morgan fingerprint density at radius 1 is 1.04 bits per heavy atom. The standard InChI is InChI=1S/C17H19NO6S/c1-12-4-6-13(7-5-12)18(11-17(19)20)25(21,22)14-8-9-15(23-2)16(10-14)24-3/h4-10H,11H2,1-3H3,(H,19,20). The minimum atomic E-state index is -4.10. The maximum Gasteiger partial charge on any atom is 0.324 e. The Kier molecular flexibility index (Phi) is 5.53. The summed E-state index contributed by atoms with van der Waals surface area (Å²) in [6.07, 6.45) is 0. The summed E-state index contributed by atoms with van der Waals surface area (Å²) < 4.78 is 37.0. The number of sulfonamides is 1. The van der Waals surface area contributed by atoms with E-state index in [9.17, 15) is 13.2 Å². The van der Waals surface area contributed by atoms with Gasteiger partial charge in [-0.15, -0.1) is 0 Å². The molecule has 2 rings (SSSR count). The third-order valence-corrected chi connectivity index (χ3v) is 5.31. The fraction of sp³-hybridized carbons (Fsp3) is 0.235. The summed E-state index contributed by atoms with van der Waals surface area (Å²) in [6, 6.07) is 10.7. The van der Waals surface area contributed by atoms with E-state index in [1.165, 1.54) is 32.4 Å². The third kappa shape index (κ3) is 4.03. The van der Waals surface area contributed by atoms with Crippen molar-refractivity contribution in [2.75, 3.05) is 25.1 Å². The van der Waals surface area contributed by atoms with Gasteiger partial charge in [-0.2, -0.15) is 0 Å². The Bertz CT molecular complexity index is 861. The number of benzene rings is 2. The second kappa shape index (κ2) is 7.43. The molecular formula is C17H19NO6S. The highest BCUT2D eigenvalue weighted by atomic mass is 32.2. The molecule has 25 heavy (non-hydrogen) atoms. The molecule has 0 radical (unpaired) electrons. The number of aliphatic carboxylic acids is 1. The van der Waals surface area contributed by atoms with Crippen molar-refractivity contribution in [3.63, 3.8) is 0 Å². The molecule has 0 saturated carbocycles. The molecule has 0 aromatic heterocycles. The number of carboxylic acids is 1. The van der Waals surface area contributed by atoms with Gasteiger partial charge in [-0.25, -0.2) is 8.42 Å². The molecule has 0 atom stereocenters. The minimum absolute atomic E-state index is 0.0908. The van der Waals surface area contributed by atoms with Crippen LogP contribution in [0.2, 0.25) is 0 Å². The van der Waals surface area contributed by atoms with Gasteiger partial charge in [0.1, 0.15) is 6.54 Å². The average molecular weight is 365 g/mol. The van der Waals surface area contributed by atoms with Crippen LogP contribution in [0.5, 0.6) is 11.5 Å². The molecule has 0 aliphatic heterocycles. The molecule has 0 aliphatic carbocycles. The Balaban J connectivity index is 2.55. The zero-order valence-electron chi connectivity index (χ0n) is 14.1. The lowest BCUT2D eigenvalue weighted by Gasteiger charge is -2.23. The topological polar surface area (TPSA) is 93.1 Å². The Morgan fingerprint density at radius 3 is 2.16 bits per heavy atom. The first-order chi connectivity index (χ1) is 11.8. The third-order valence-electron chi connectivity index (χ3n) is 3.54. The van der Waals surface area contributed by atoms with Crippen molar-refractivity contribution in [2.45, 2.75) is 11.8 Å². The minimum Gasteiger partial charge on any atom is -0.493 e. The van der Waals surface area contributed by atoms with Gasteiger partial charge in [0.25, 0.3) is 10.0 Å². The number of ether oxygens (including phenoxy) is 2. The van der Waals surface area contributed by atoms with Gasteiger partial charge in [-0.3, -0.25) is 9.10 Å². The lowest BCUT2D eigenvalue weighted by Crippen LogP contribution is -2.35. The summed E-state index contributed by atoms with van der Waals surface area (Å²) in [4.78, 5) is 11.1. The molecule has 0 bridgehead atoms. The van der Waals surface area contributed by atoms with E-state index in [0.29, 0.717) is 5.75 Å². The van der Waals surface area contributed by atoms with E-state index in [0.717, 1.165) is 9.87 Å². The van der Waals surface area contributed by atoms with Crippen LogP contribution in [0.1, 0.15) is 5.56 Å². The van der Waals surface area contributed by atoms with Crippen LogP contribution >= 0.6 is 0 Å². The highest BCUT2D eigenvalue weighted by molar-refractivity contribution is 7.92. The highest BCUT2D eigenvalue weighted by Crippen LogP contribution is 2.32. The van der Waals surface area contributed by atoms with E-state index in [2.05, 4.69) is 0 Å². The van der Waals surface area contributed by atoms with E-state index in [1.807, 2.05) is 6.92 Å². The van der Waals surface area contributed by atoms with Crippen molar-refractivity contribution in [1.29, 1.82) is 0 Å². The predicted molar refractivity (Wildman–Crippen MR) is 92.9 cm³/mol. The van der Waals surface area contributed by atoms with Crippen LogP contribution in [0.15, 0.2) is 47.4 Å². The van der Waals surface area contributed by atoms with Crippen molar-refractivity contribution in [2.24, 2.45) is 0 Å². The van der Waals surface area contributed by atoms with E-state index < -0.39 is 22.5 Å². The summed E-state index contributed by atoms with van der Waals surface area (Å²) >= 11 is 0. The number of aryl methyl sites for hydroxylation is 1. The SMILES string of the molecule is COc1ccc(S(=O)(=O)N(CC(=O)O)c2ccc(C)cc2)cc1OC. The second-order valence-corrected chi connectivity index (χ2v) is 7.12. The number of hydrogen-bond acceptors (Lipinski definition) is 5. The van der Waals surface area contributed by atoms with Gasteiger partial charge in [0.15, 0.2) is 11.5 Å². The number of carbonyl (C=O) groups is 1. The summed E-state index contributed by atoms with van der Waals surface area (Å²) in [6.45, 7) is 1.16. The van der Waals surface area contributed by atoms with E-state index in [1.54, 1.807) is 24.3 Å². The van der Waals surface area contributed by atoms with Crippen LogP contribution in [0.3, 0.4) is 0 Å². The monoisotopic (exact) mass is 365 g/mol. The second-order valence-electron chi connectivity index (χ2n) is 5.26. The normalized spacial score (nSPS) is 11.0. The highest BCUT2D eigenvalue weighted by Gasteiger charge is 2.28. The molecule has 8 heteroatoms. The first-order valence-corrected chi connectivity index (χ1v) is 8.77. The first-order valence-electron chi connectivity index (χ1n) is 7.33. The van der Waals surface area contributed by atoms with Gasteiger partial charge in [-0.05, 0) is 31.2 Å². The van der Waals surface area contributed by atoms with E-state index >= 15 is 0 Å². The van der Waals surface area contributed by atoms with Gasteiger partial charge < -0.3 is 14.6 Å². The Hall–Kier alpha value is -2.74. The zero-order valence-corrected chi connectivity index (χ0v) is 14.9. The zero-order chi connectivity index (χ0) is 18.6. The number of nitrogens with zero attached hydrogens (tertiary/aromatic N) is 1. The van der Waals surface area contributed by atoms with Crippen LogP contribution in [0.25, 0.3) is 0 Å². The number of hydrogen-bond donors (Lipinski definition) is 1. The molecule has 134 valence electrons. The predicted octanol–water partition coefficient (Wildman–Crippen LogP) is 2.29. The summed E-state index contributed by atoms with van der Waals surface area (Å²) in [5, 5.41) is 9.14. The number of methoxy groups -OCH3 is 2. The van der Waals surface area contributed by atoms with Crippen LogP contribution in [0, 0.1) is 6.92 Å². The molecule has 0 fully saturated rings. The maximum absolute atomic E-state index is 13.0. The van der Waals surface area contributed by atoms with Crippen molar-refractivity contribution in [3.05, 3.63) is 48.0 Å². The van der Waals surface area contributed by atoms with E-state index in [-0.39, 0.29) is 16.3 Å². The van der Waals surface area contributed by atoms with Crippen molar-refractivity contribution < 1.29 is 27.8 Å². The average Bonchev–Trinajstić information content (AvgIpc) is 2.59. The van der Waals surface area contributed by atoms with Gasteiger partial charge >= 0.3 is 5.97 Å². The summed E-state index contributed by atoms with van der Waals surface area (Å²) in [5.74, 6) is -0.644. The molecule has 0 aliphatic rings. The van der Waals surface area contributed by atoms with Crippen molar-refractivity contribution in [1.82, 2.24) is 0 Å². The number of anilines is 1. The molecule has 2 aromatic rings. The molecule has 7 nitrogen and oxygen atoms in total. The van der Waals surface area contributed by atoms with Gasteiger partial charge in [0.05, 0.1) is 24.8 Å². The smallest absolute Gasteiger partial charge is 0.324 e. The largest absolute Gasteiger partial charge is 0.493 e. The summed E-state index contributed by atoms with van der Waals surface area (Å²) in [5.41, 5.74) is 1.20. The Morgan fingerprint density at radius 2 is 1.64 bits per heavy atom. The Labute approximate surface area is 146 Å². The molecule has 0 amide bonds. The molecule has 0 heterocycles. The quantitative estimate of drug-likeness (QED) is 0.809. The first kappa shape index (κ1) is 18.6. The summed E-state index contributed by atoms with van der Waals surface area (Å²) in [7, 11) is -1.27. The van der Waals surface area contributed by atoms with Gasteiger partial charge in [-0.1, -0.05) is 17.7 Å². The lowest BCUT2D eigenvalue weighted by molar-refractivity contribution is -0.135. The lowest BCUT2D eigenvalue weighted by atomic mass is 10.2. The van der Waals surface area contributed by atoms with Gasteiger partial charge in [0, 0.05) is 6.07 Å². The fourth-order valence-electron chi connectivity index (χ4n) is 2.25. The molecule has 0 saturated heterocycles. The molecule has 0 spiro atoms. The molecule has 2 aromatic carbocycles. The number of carboxylic acid groups (broad SMARTS) is 1. The number of rotatable bonds is 7. The van der Waals surface area contributed by atoms with Gasteiger partial charge in [0.2, 0.25) is 0 Å². The maximum atomic E-state index is 13.0. The molecule has 0 unspecified atom stereocenters. The van der Waals surface area contributed by atoms with Crippen LogP contribution in [-0.4, -0.2) is 40.3 Å². The van der Waals surface area contributed by atoms with Crippen molar-refractivity contribution in [3.8, 4) is 11.5 Å². The van der Waals surface area contributed by atoms with Crippen molar-refractivity contribution >= 4 is 21.7 Å². The van der Waals surface area contributed by atoms with Crippen LogP contribution in [0.4, 0.5) is 5.69 Å².